The lowest BCUT2D eigenvalue weighted by molar-refractivity contribution is 0.115. The van der Waals surface area contributed by atoms with Crippen LogP contribution in [0.3, 0.4) is 0 Å². The van der Waals surface area contributed by atoms with Crippen LogP contribution in [0.5, 0.6) is 0 Å². The van der Waals surface area contributed by atoms with Gasteiger partial charge in [0, 0.05) is 24.3 Å². The molecule has 0 aromatic carbocycles. The Bertz CT molecular complexity index is 348. The summed E-state index contributed by atoms with van der Waals surface area (Å²) in [5.74, 6) is 0.888. The average Bonchev–Trinajstić information content (AvgIpc) is 2.94. The SMILES string of the molecule is Cl.c1n[nH]cc1C1CCCCN1CC1CCNCC1. The van der Waals surface area contributed by atoms with Gasteiger partial charge < -0.3 is 5.32 Å². The van der Waals surface area contributed by atoms with Crippen LogP contribution in [0.1, 0.15) is 43.7 Å². The van der Waals surface area contributed by atoms with Crippen molar-refractivity contribution in [2.75, 3.05) is 26.2 Å². The highest BCUT2D eigenvalue weighted by Gasteiger charge is 2.27. The fourth-order valence-electron chi connectivity index (χ4n) is 3.43. The van der Waals surface area contributed by atoms with Gasteiger partial charge in [-0.1, -0.05) is 6.42 Å². The van der Waals surface area contributed by atoms with Crippen molar-refractivity contribution >= 4 is 12.4 Å². The number of hydrogen-bond acceptors (Lipinski definition) is 3. The van der Waals surface area contributed by atoms with Crippen LogP contribution in [0.25, 0.3) is 0 Å². The fourth-order valence-corrected chi connectivity index (χ4v) is 3.43. The summed E-state index contributed by atoms with van der Waals surface area (Å²) < 4.78 is 0. The lowest BCUT2D eigenvalue weighted by Crippen LogP contribution is -2.40. The minimum atomic E-state index is 0. The predicted molar refractivity (Wildman–Crippen MR) is 79.6 cm³/mol. The van der Waals surface area contributed by atoms with E-state index in [0.717, 1.165) is 5.92 Å². The van der Waals surface area contributed by atoms with Crippen molar-refractivity contribution in [1.29, 1.82) is 0 Å². The molecule has 5 heteroatoms. The second-order valence-corrected chi connectivity index (χ2v) is 5.73. The molecule has 0 spiro atoms. The maximum Gasteiger partial charge on any atom is 0.0535 e. The largest absolute Gasteiger partial charge is 0.317 e. The van der Waals surface area contributed by atoms with E-state index in [-0.39, 0.29) is 12.4 Å². The average molecular weight is 285 g/mol. The van der Waals surface area contributed by atoms with Gasteiger partial charge in [-0.05, 0) is 51.2 Å². The van der Waals surface area contributed by atoms with Crippen LogP contribution in [0.15, 0.2) is 12.4 Å². The van der Waals surface area contributed by atoms with Gasteiger partial charge in [0.25, 0.3) is 0 Å². The molecule has 2 fully saturated rings. The summed E-state index contributed by atoms with van der Waals surface area (Å²) in [5.41, 5.74) is 1.38. The molecule has 4 nitrogen and oxygen atoms in total. The molecule has 0 amide bonds. The second-order valence-electron chi connectivity index (χ2n) is 5.73. The molecule has 3 rings (SSSR count). The summed E-state index contributed by atoms with van der Waals surface area (Å²) in [7, 11) is 0. The Morgan fingerprint density at radius 1 is 1.21 bits per heavy atom. The van der Waals surface area contributed by atoms with Gasteiger partial charge in [-0.2, -0.15) is 5.10 Å². The number of hydrogen-bond donors (Lipinski definition) is 2. The molecule has 2 N–H and O–H groups in total. The van der Waals surface area contributed by atoms with Crippen LogP contribution in [-0.4, -0.2) is 41.3 Å². The predicted octanol–water partition coefficient (Wildman–Crippen LogP) is 2.36. The normalized spacial score (nSPS) is 26.0. The summed E-state index contributed by atoms with van der Waals surface area (Å²) in [6.45, 7) is 4.95. The Kier molecular flexibility index (Phi) is 5.67. The van der Waals surface area contributed by atoms with Crippen LogP contribution in [-0.2, 0) is 0 Å². The zero-order valence-corrected chi connectivity index (χ0v) is 12.3. The third-order valence-corrected chi connectivity index (χ3v) is 4.47. The molecule has 108 valence electrons. The molecule has 3 heterocycles. The van der Waals surface area contributed by atoms with Crippen molar-refractivity contribution in [2.24, 2.45) is 5.92 Å². The fraction of sp³-hybridized carbons (Fsp3) is 0.786. The number of likely N-dealkylation sites (tertiary alicyclic amines) is 1. The summed E-state index contributed by atoms with van der Waals surface area (Å²) in [4.78, 5) is 2.70. The van der Waals surface area contributed by atoms with Crippen molar-refractivity contribution in [1.82, 2.24) is 20.4 Å². The number of rotatable bonds is 3. The number of nitrogens with zero attached hydrogens (tertiary/aromatic N) is 2. The standard InChI is InChI=1S/C14H24N4.ClH/c1-2-8-18(11-12-4-6-15-7-5-12)14(3-1)13-9-16-17-10-13;/h9-10,12,14-15H,1-8,11H2,(H,16,17);1H. The van der Waals surface area contributed by atoms with Gasteiger partial charge in [-0.15, -0.1) is 12.4 Å². The first kappa shape index (κ1) is 14.8. The monoisotopic (exact) mass is 284 g/mol. The van der Waals surface area contributed by atoms with Crippen molar-refractivity contribution < 1.29 is 0 Å². The van der Waals surface area contributed by atoms with E-state index >= 15 is 0 Å². The molecule has 2 saturated heterocycles. The molecule has 1 unspecified atom stereocenters. The van der Waals surface area contributed by atoms with Crippen molar-refractivity contribution in [3.63, 3.8) is 0 Å². The second kappa shape index (κ2) is 7.27. The molecular weight excluding hydrogens is 260 g/mol. The maximum atomic E-state index is 4.12. The lowest BCUT2D eigenvalue weighted by Gasteiger charge is -2.38. The van der Waals surface area contributed by atoms with E-state index in [9.17, 15) is 0 Å². The van der Waals surface area contributed by atoms with Gasteiger partial charge in [0.15, 0.2) is 0 Å². The van der Waals surface area contributed by atoms with E-state index in [2.05, 4.69) is 26.6 Å². The zero-order valence-electron chi connectivity index (χ0n) is 11.5. The number of H-pyrrole nitrogens is 1. The summed E-state index contributed by atoms with van der Waals surface area (Å²) in [5, 5.41) is 10.5. The van der Waals surface area contributed by atoms with Gasteiger partial charge >= 0.3 is 0 Å². The van der Waals surface area contributed by atoms with Gasteiger partial charge in [0.05, 0.1) is 6.20 Å². The quantitative estimate of drug-likeness (QED) is 0.896. The minimum absolute atomic E-state index is 0. The number of halogens is 1. The molecule has 0 aliphatic carbocycles. The molecule has 0 bridgehead atoms. The molecule has 0 saturated carbocycles. The Labute approximate surface area is 121 Å². The van der Waals surface area contributed by atoms with Crippen molar-refractivity contribution in [3.05, 3.63) is 18.0 Å². The summed E-state index contributed by atoms with van der Waals surface area (Å²) >= 11 is 0. The van der Waals surface area contributed by atoms with Crippen molar-refractivity contribution in [3.8, 4) is 0 Å². The molecule has 0 radical (unpaired) electrons. The van der Waals surface area contributed by atoms with E-state index in [0.29, 0.717) is 6.04 Å². The van der Waals surface area contributed by atoms with Crippen LogP contribution < -0.4 is 5.32 Å². The Morgan fingerprint density at radius 2 is 2.05 bits per heavy atom. The number of aromatic amines is 1. The number of piperidine rings is 2. The lowest BCUT2D eigenvalue weighted by atomic mass is 9.92. The third-order valence-electron chi connectivity index (χ3n) is 4.47. The topological polar surface area (TPSA) is 44.0 Å². The Morgan fingerprint density at radius 3 is 2.79 bits per heavy atom. The molecule has 19 heavy (non-hydrogen) atoms. The smallest absolute Gasteiger partial charge is 0.0535 e. The van der Waals surface area contributed by atoms with E-state index in [1.807, 2.05) is 6.20 Å². The summed E-state index contributed by atoms with van der Waals surface area (Å²) in [6.07, 6.45) is 10.8. The molecule has 1 aromatic rings. The maximum absolute atomic E-state index is 4.12. The van der Waals surface area contributed by atoms with Gasteiger partial charge in [0.2, 0.25) is 0 Å². The van der Waals surface area contributed by atoms with E-state index < -0.39 is 0 Å². The third kappa shape index (κ3) is 3.71. The number of aromatic nitrogens is 2. The van der Waals surface area contributed by atoms with Crippen LogP contribution in [0, 0.1) is 5.92 Å². The van der Waals surface area contributed by atoms with Crippen molar-refractivity contribution in [2.45, 2.75) is 38.1 Å². The van der Waals surface area contributed by atoms with Crippen LogP contribution in [0.4, 0.5) is 0 Å². The number of nitrogens with one attached hydrogen (secondary N) is 2. The highest BCUT2D eigenvalue weighted by atomic mass is 35.5. The molecular formula is C14H25ClN4. The highest BCUT2D eigenvalue weighted by molar-refractivity contribution is 5.85. The minimum Gasteiger partial charge on any atom is -0.317 e. The van der Waals surface area contributed by atoms with Gasteiger partial charge in [-0.3, -0.25) is 10.00 Å². The summed E-state index contributed by atoms with van der Waals surface area (Å²) in [6, 6.07) is 0.604. The molecule has 2 aliphatic heterocycles. The van der Waals surface area contributed by atoms with Gasteiger partial charge in [-0.25, -0.2) is 0 Å². The van der Waals surface area contributed by atoms with E-state index in [4.69, 9.17) is 0 Å². The molecule has 1 aromatic heterocycles. The Hall–Kier alpha value is -0.580. The first-order chi connectivity index (χ1) is 8.93. The van der Waals surface area contributed by atoms with Crippen LogP contribution in [0.2, 0.25) is 0 Å². The van der Waals surface area contributed by atoms with Gasteiger partial charge in [0.1, 0.15) is 0 Å². The zero-order chi connectivity index (χ0) is 12.2. The van der Waals surface area contributed by atoms with E-state index in [1.54, 1.807) is 0 Å². The first-order valence-corrected chi connectivity index (χ1v) is 7.37. The van der Waals surface area contributed by atoms with Crippen LogP contribution >= 0.6 is 12.4 Å². The Balaban J connectivity index is 0.00000133. The highest BCUT2D eigenvalue weighted by Crippen LogP contribution is 2.31. The first-order valence-electron chi connectivity index (χ1n) is 7.37. The van der Waals surface area contributed by atoms with E-state index in [1.165, 1.54) is 63.8 Å². The molecule has 2 aliphatic rings. The molecule has 1 atom stereocenters.